The van der Waals surface area contributed by atoms with E-state index in [0.29, 0.717) is 25.8 Å². The van der Waals surface area contributed by atoms with Gasteiger partial charge in [-0.05, 0) is 26.2 Å². The summed E-state index contributed by atoms with van der Waals surface area (Å²) in [5, 5.41) is 8.91. The molecule has 3 N–H and O–H groups in total. The normalized spacial score (nSPS) is 27.6. The lowest BCUT2D eigenvalue weighted by Crippen LogP contribution is -2.51. The topological polar surface area (TPSA) is 83.6 Å². The minimum absolute atomic E-state index is 0.0278. The van der Waals surface area contributed by atoms with Gasteiger partial charge in [0.2, 0.25) is 5.91 Å². The minimum Gasteiger partial charge on any atom is -0.481 e. The molecule has 5 nitrogen and oxygen atoms in total. The average Bonchev–Trinajstić information content (AvgIpc) is 2.26. The smallest absolute Gasteiger partial charge is 0.306 e. The van der Waals surface area contributed by atoms with E-state index < -0.39 is 12.0 Å². The van der Waals surface area contributed by atoms with E-state index in [1.165, 1.54) is 0 Å². The van der Waals surface area contributed by atoms with Gasteiger partial charge in [0.1, 0.15) is 0 Å². The third-order valence-electron chi connectivity index (χ3n) is 3.27. The molecule has 92 valence electrons. The Balaban J connectivity index is 2.60. The number of amides is 1. The largest absolute Gasteiger partial charge is 0.481 e. The maximum absolute atomic E-state index is 11.9. The molecule has 1 rings (SSSR count). The van der Waals surface area contributed by atoms with Crippen molar-refractivity contribution in [1.29, 1.82) is 0 Å². The van der Waals surface area contributed by atoms with E-state index in [4.69, 9.17) is 10.8 Å². The zero-order valence-electron chi connectivity index (χ0n) is 9.85. The van der Waals surface area contributed by atoms with Gasteiger partial charge in [0.05, 0.1) is 12.0 Å². The number of carboxylic acids is 1. The molecule has 16 heavy (non-hydrogen) atoms. The van der Waals surface area contributed by atoms with Crippen molar-refractivity contribution in [3.05, 3.63) is 0 Å². The Hall–Kier alpha value is -1.10. The van der Waals surface area contributed by atoms with Crippen LogP contribution in [0.1, 0.15) is 33.1 Å². The van der Waals surface area contributed by atoms with Crippen LogP contribution in [0.4, 0.5) is 0 Å². The lowest BCUT2D eigenvalue weighted by molar-refractivity contribution is -0.147. The zero-order chi connectivity index (χ0) is 12.3. The standard InChI is InChI=1S/C11H20N2O3/c1-3-9(12)10(14)13-5-4-8(11(15)16)6-7(13)2/h7-9H,3-6,12H2,1-2H3,(H,15,16). The number of hydrogen-bond donors (Lipinski definition) is 2. The second kappa shape index (κ2) is 5.30. The number of carbonyl (C=O) groups excluding carboxylic acids is 1. The molecule has 1 saturated heterocycles. The van der Waals surface area contributed by atoms with Crippen LogP contribution in [0, 0.1) is 5.92 Å². The Labute approximate surface area is 95.6 Å². The predicted octanol–water partition coefficient (Wildman–Crippen LogP) is 0.435. The number of nitrogens with zero attached hydrogens (tertiary/aromatic N) is 1. The third-order valence-corrected chi connectivity index (χ3v) is 3.27. The van der Waals surface area contributed by atoms with Crippen LogP contribution < -0.4 is 5.73 Å². The summed E-state index contributed by atoms with van der Waals surface area (Å²) in [5.41, 5.74) is 5.70. The highest BCUT2D eigenvalue weighted by atomic mass is 16.4. The molecule has 1 aliphatic heterocycles. The van der Waals surface area contributed by atoms with Crippen LogP contribution in [0.3, 0.4) is 0 Å². The Bertz CT molecular complexity index is 280. The lowest BCUT2D eigenvalue weighted by atomic mass is 9.91. The van der Waals surface area contributed by atoms with E-state index in [9.17, 15) is 9.59 Å². The second-order valence-corrected chi connectivity index (χ2v) is 4.45. The van der Waals surface area contributed by atoms with Gasteiger partial charge in [-0.1, -0.05) is 6.92 Å². The van der Waals surface area contributed by atoms with Crippen LogP contribution in [0.2, 0.25) is 0 Å². The number of likely N-dealkylation sites (tertiary alicyclic amines) is 1. The first kappa shape index (κ1) is 13.0. The van der Waals surface area contributed by atoms with Crippen molar-refractivity contribution in [3.8, 4) is 0 Å². The van der Waals surface area contributed by atoms with E-state index >= 15 is 0 Å². The van der Waals surface area contributed by atoms with Gasteiger partial charge in [0, 0.05) is 12.6 Å². The average molecular weight is 228 g/mol. The summed E-state index contributed by atoms with van der Waals surface area (Å²) in [6, 6.07) is -0.483. The molecule has 0 spiro atoms. The highest BCUT2D eigenvalue weighted by Crippen LogP contribution is 2.23. The number of piperidine rings is 1. The van der Waals surface area contributed by atoms with Crippen LogP contribution in [-0.2, 0) is 9.59 Å². The summed E-state index contributed by atoms with van der Waals surface area (Å²) >= 11 is 0. The van der Waals surface area contributed by atoms with Crippen molar-refractivity contribution < 1.29 is 14.7 Å². The number of hydrogen-bond acceptors (Lipinski definition) is 3. The zero-order valence-corrected chi connectivity index (χ0v) is 9.85. The summed E-state index contributed by atoms with van der Waals surface area (Å²) in [5.74, 6) is -1.14. The molecule has 0 aromatic heterocycles. The Kier molecular flexibility index (Phi) is 4.29. The molecule has 0 saturated carbocycles. The van der Waals surface area contributed by atoms with Crippen molar-refractivity contribution in [2.45, 2.75) is 45.2 Å². The first-order valence-electron chi connectivity index (χ1n) is 5.76. The maximum Gasteiger partial charge on any atom is 0.306 e. The second-order valence-electron chi connectivity index (χ2n) is 4.45. The van der Waals surface area contributed by atoms with Gasteiger partial charge >= 0.3 is 5.97 Å². The van der Waals surface area contributed by atoms with Crippen molar-refractivity contribution in [1.82, 2.24) is 4.90 Å². The third kappa shape index (κ3) is 2.72. The quantitative estimate of drug-likeness (QED) is 0.734. The summed E-state index contributed by atoms with van der Waals surface area (Å²) in [4.78, 5) is 24.4. The van der Waals surface area contributed by atoms with Crippen LogP contribution >= 0.6 is 0 Å². The number of carbonyl (C=O) groups is 2. The maximum atomic E-state index is 11.9. The molecule has 0 aromatic rings. The van der Waals surface area contributed by atoms with Crippen LogP contribution in [0.25, 0.3) is 0 Å². The van der Waals surface area contributed by atoms with Gasteiger partial charge in [0.25, 0.3) is 0 Å². The molecule has 0 radical (unpaired) electrons. The van der Waals surface area contributed by atoms with Crippen molar-refractivity contribution >= 4 is 11.9 Å². The van der Waals surface area contributed by atoms with Gasteiger partial charge in [-0.25, -0.2) is 0 Å². The Morgan fingerprint density at radius 2 is 2.19 bits per heavy atom. The fourth-order valence-corrected chi connectivity index (χ4v) is 2.11. The first-order chi connectivity index (χ1) is 7.47. The molecule has 3 atom stereocenters. The van der Waals surface area contributed by atoms with Gasteiger partial charge in [-0.3, -0.25) is 9.59 Å². The molecule has 1 fully saturated rings. The lowest BCUT2D eigenvalue weighted by Gasteiger charge is -2.37. The summed E-state index contributed by atoms with van der Waals surface area (Å²) in [6.07, 6.45) is 1.67. The van der Waals surface area contributed by atoms with Crippen LogP contribution in [0.5, 0.6) is 0 Å². The van der Waals surface area contributed by atoms with Gasteiger partial charge < -0.3 is 15.7 Å². The van der Waals surface area contributed by atoms with Crippen LogP contribution in [0.15, 0.2) is 0 Å². The number of aliphatic carboxylic acids is 1. The number of nitrogens with two attached hydrogens (primary N) is 1. The summed E-state index contributed by atoms with van der Waals surface area (Å²) in [7, 11) is 0. The number of rotatable bonds is 3. The highest BCUT2D eigenvalue weighted by molar-refractivity contribution is 5.82. The van der Waals surface area contributed by atoms with E-state index in [2.05, 4.69) is 0 Å². The van der Waals surface area contributed by atoms with E-state index in [1.54, 1.807) is 4.90 Å². The predicted molar refractivity (Wildman–Crippen MR) is 59.8 cm³/mol. The van der Waals surface area contributed by atoms with E-state index in [-0.39, 0.29) is 17.9 Å². The SMILES string of the molecule is CCC(N)C(=O)N1CCC(C(=O)O)CC1C. The Morgan fingerprint density at radius 1 is 1.56 bits per heavy atom. The monoisotopic (exact) mass is 228 g/mol. The molecule has 0 aromatic carbocycles. The van der Waals surface area contributed by atoms with E-state index in [1.807, 2.05) is 13.8 Å². The molecular weight excluding hydrogens is 208 g/mol. The van der Waals surface area contributed by atoms with Crippen molar-refractivity contribution in [2.24, 2.45) is 11.7 Å². The highest BCUT2D eigenvalue weighted by Gasteiger charge is 2.33. The van der Waals surface area contributed by atoms with Crippen molar-refractivity contribution in [2.75, 3.05) is 6.54 Å². The minimum atomic E-state index is -0.765. The first-order valence-corrected chi connectivity index (χ1v) is 5.76. The molecule has 1 aliphatic rings. The van der Waals surface area contributed by atoms with E-state index in [0.717, 1.165) is 0 Å². The fourth-order valence-electron chi connectivity index (χ4n) is 2.11. The Morgan fingerprint density at radius 3 is 2.62 bits per heavy atom. The van der Waals surface area contributed by atoms with Gasteiger partial charge in [-0.2, -0.15) is 0 Å². The summed E-state index contributed by atoms with van der Waals surface area (Å²) < 4.78 is 0. The van der Waals surface area contributed by atoms with Crippen LogP contribution in [-0.4, -0.2) is 40.5 Å². The van der Waals surface area contributed by atoms with Crippen molar-refractivity contribution in [3.63, 3.8) is 0 Å². The molecule has 0 bridgehead atoms. The molecular formula is C11H20N2O3. The fraction of sp³-hybridized carbons (Fsp3) is 0.818. The molecule has 3 unspecified atom stereocenters. The molecule has 1 heterocycles. The van der Waals surface area contributed by atoms with Gasteiger partial charge in [-0.15, -0.1) is 0 Å². The molecule has 1 amide bonds. The number of carboxylic acid groups (broad SMARTS) is 1. The molecule has 5 heteroatoms. The summed E-state index contributed by atoms with van der Waals surface area (Å²) in [6.45, 7) is 4.26. The molecule has 0 aliphatic carbocycles. The van der Waals surface area contributed by atoms with Gasteiger partial charge in [0.15, 0.2) is 0 Å².